The molecule has 1 aromatic heterocycles. The summed E-state index contributed by atoms with van der Waals surface area (Å²) in [6.07, 6.45) is 0. The first-order chi connectivity index (χ1) is 6.22. The summed E-state index contributed by atoms with van der Waals surface area (Å²) < 4.78 is 0. The third-order valence-electron chi connectivity index (χ3n) is 2.61. The summed E-state index contributed by atoms with van der Waals surface area (Å²) in [7, 11) is 0. The van der Waals surface area contributed by atoms with Crippen molar-refractivity contribution in [1.82, 2.24) is 4.98 Å². The van der Waals surface area contributed by atoms with Gasteiger partial charge in [0.1, 0.15) is 0 Å². The Morgan fingerprint density at radius 1 is 1.31 bits per heavy atom. The molecule has 0 saturated heterocycles. The first kappa shape index (κ1) is 8.32. The molecular weight excluding hydrogens is 160 g/mol. The number of aryl methyl sites for hydroxylation is 2. The maximum absolute atomic E-state index is 5.59. The van der Waals surface area contributed by atoms with E-state index in [2.05, 4.69) is 37.0 Å². The molecule has 0 spiro atoms. The van der Waals surface area contributed by atoms with Crippen LogP contribution in [0.4, 0.5) is 0 Å². The maximum Gasteiger partial charge on any atom is 0.0458 e. The minimum atomic E-state index is 0.611. The minimum absolute atomic E-state index is 0.611. The molecule has 0 amide bonds. The molecule has 68 valence electrons. The van der Waals surface area contributed by atoms with Crippen LogP contribution in [0.15, 0.2) is 18.2 Å². The minimum Gasteiger partial charge on any atom is -0.358 e. The summed E-state index contributed by atoms with van der Waals surface area (Å²) in [6.45, 7) is 4.84. The van der Waals surface area contributed by atoms with Crippen molar-refractivity contribution in [3.8, 4) is 0 Å². The van der Waals surface area contributed by atoms with E-state index < -0.39 is 0 Å². The van der Waals surface area contributed by atoms with E-state index in [1.807, 2.05) is 0 Å². The molecule has 0 aliphatic rings. The van der Waals surface area contributed by atoms with Gasteiger partial charge in [-0.3, -0.25) is 0 Å². The molecule has 1 aromatic carbocycles. The molecule has 0 radical (unpaired) electrons. The van der Waals surface area contributed by atoms with Crippen molar-refractivity contribution in [1.29, 1.82) is 0 Å². The molecule has 0 aliphatic heterocycles. The Morgan fingerprint density at radius 2 is 2.08 bits per heavy atom. The molecule has 0 fully saturated rings. The van der Waals surface area contributed by atoms with Gasteiger partial charge >= 0.3 is 0 Å². The summed E-state index contributed by atoms with van der Waals surface area (Å²) in [5.41, 5.74) is 10.5. The van der Waals surface area contributed by atoms with Crippen molar-refractivity contribution >= 4 is 10.9 Å². The Morgan fingerprint density at radius 3 is 2.77 bits per heavy atom. The normalized spacial score (nSPS) is 11.0. The maximum atomic E-state index is 5.59. The predicted molar refractivity (Wildman–Crippen MR) is 55.7 cm³/mol. The molecule has 0 aliphatic carbocycles. The first-order valence-electron chi connectivity index (χ1n) is 4.50. The van der Waals surface area contributed by atoms with E-state index in [9.17, 15) is 0 Å². The molecule has 2 nitrogen and oxygen atoms in total. The molecule has 0 atom stereocenters. The lowest BCUT2D eigenvalue weighted by atomic mass is 10.1. The summed E-state index contributed by atoms with van der Waals surface area (Å²) in [4.78, 5) is 3.34. The highest BCUT2D eigenvalue weighted by Crippen LogP contribution is 2.21. The average Bonchev–Trinajstić information content (AvgIpc) is 2.43. The number of aromatic nitrogens is 1. The van der Waals surface area contributed by atoms with Gasteiger partial charge in [0.15, 0.2) is 0 Å². The van der Waals surface area contributed by atoms with Crippen molar-refractivity contribution in [3.63, 3.8) is 0 Å². The Labute approximate surface area is 77.8 Å². The van der Waals surface area contributed by atoms with Crippen LogP contribution in [0.1, 0.15) is 16.8 Å². The van der Waals surface area contributed by atoms with Crippen molar-refractivity contribution in [2.45, 2.75) is 20.4 Å². The summed E-state index contributed by atoms with van der Waals surface area (Å²) in [6, 6.07) is 6.32. The topological polar surface area (TPSA) is 41.8 Å². The van der Waals surface area contributed by atoms with E-state index in [0.717, 1.165) is 0 Å². The molecule has 0 unspecified atom stereocenters. The van der Waals surface area contributed by atoms with Crippen LogP contribution in [0.3, 0.4) is 0 Å². The number of aromatic amines is 1. The highest BCUT2D eigenvalue weighted by Gasteiger charge is 2.03. The van der Waals surface area contributed by atoms with Crippen molar-refractivity contribution in [2.24, 2.45) is 5.73 Å². The van der Waals surface area contributed by atoms with Gasteiger partial charge in [0.05, 0.1) is 0 Å². The van der Waals surface area contributed by atoms with E-state index >= 15 is 0 Å². The number of rotatable bonds is 1. The lowest BCUT2D eigenvalue weighted by Crippen LogP contribution is -1.95. The van der Waals surface area contributed by atoms with Crippen LogP contribution in [-0.2, 0) is 6.54 Å². The zero-order valence-electron chi connectivity index (χ0n) is 8.02. The van der Waals surface area contributed by atoms with Gasteiger partial charge < -0.3 is 10.7 Å². The van der Waals surface area contributed by atoms with Crippen LogP contribution < -0.4 is 5.73 Å². The van der Waals surface area contributed by atoms with Crippen LogP contribution in [0.5, 0.6) is 0 Å². The highest BCUT2D eigenvalue weighted by molar-refractivity contribution is 5.84. The number of H-pyrrole nitrogens is 1. The van der Waals surface area contributed by atoms with Crippen molar-refractivity contribution in [2.75, 3.05) is 0 Å². The number of hydrogen-bond acceptors (Lipinski definition) is 1. The zero-order chi connectivity index (χ0) is 9.42. The Balaban J connectivity index is 2.75. The fourth-order valence-electron chi connectivity index (χ4n) is 1.64. The van der Waals surface area contributed by atoms with Crippen LogP contribution in [0.25, 0.3) is 10.9 Å². The lowest BCUT2D eigenvalue weighted by molar-refractivity contribution is 1.08. The van der Waals surface area contributed by atoms with Gasteiger partial charge in [-0.2, -0.15) is 0 Å². The van der Waals surface area contributed by atoms with Crippen molar-refractivity contribution in [3.05, 3.63) is 35.0 Å². The third-order valence-corrected chi connectivity index (χ3v) is 2.61. The number of hydrogen-bond donors (Lipinski definition) is 2. The molecule has 0 bridgehead atoms. The van der Waals surface area contributed by atoms with E-state index in [4.69, 9.17) is 5.73 Å². The number of benzene rings is 1. The SMILES string of the molecule is Cc1[nH]c2ccc(CN)cc2c1C. The third kappa shape index (κ3) is 1.23. The van der Waals surface area contributed by atoms with Crippen LogP contribution in [0, 0.1) is 13.8 Å². The van der Waals surface area contributed by atoms with Crippen LogP contribution in [-0.4, -0.2) is 4.98 Å². The fraction of sp³-hybridized carbons (Fsp3) is 0.273. The van der Waals surface area contributed by atoms with Gasteiger partial charge in [0.2, 0.25) is 0 Å². The second-order valence-electron chi connectivity index (χ2n) is 3.46. The fourth-order valence-corrected chi connectivity index (χ4v) is 1.64. The molecule has 3 N–H and O–H groups in total. The van der Waals surface area contributed by atoms with Gasteiger partial charge in [-0.1, -0.05) is 6.07 Å². The quantitative estimate of drug-likeness (QED) is 0.684. The second-order valence-corrected chi connectivity index (χ2v) is 3.46. The number of nitrogens with two attached hydrogens (primary N) is 1. The first-order valence-corrected chi connectivity index (χ1v) is 4.50. The molecule has 0 saturated carbocycles. The molecule has 2 heteroatoms. The van der Waals surface area contributed by atoms with Crippen molar-refractivity contribution < 1.29 is 0 Å². The van der Waals surface area contributed by atoms with Gasteiger partial charge in [0, 0.05) is 23.1 Å². The molecule has 1 heterocycles. The molecular formula is C11H14N2. The molecule has 2 aromatic rings. The van der Waals surface area contributed by atoms with Crippen LogP contribution >= 0.6 is 0 Å². The van der Waals surface area contributed by atoms with E-state index in [0.29, 0.717) is 6.54 Å². The highest BCUT2D eigenvalue weighted by atomic mass is 14.7. The number of nitrogens with one attached hydrogen (secondary N) is 1. The monoisotopic (exact) mass is 174 g/mol. The largest absolute Gasteiger partial charge is 0.358 e. The zero-order valence-corrected chi connectivity index (χ0v) is 8.02. The predicted octanol–water partition coefficient (Wildman–Crippen LogP) is 2.24. The Bertz CT molecular complexity index is 441. The van der Waals surface area contributed by atoms with Gasteiger partial charge in [-0.05, 0) is 37.1 Å². The average molecular weight is 174 g/mol. The van der Waals surface area contributed by atoms with Gasteiger partial charge in [0.25, 0.3) is 0 Å². The summed E-state index contributed by atoms with van der Waals surface area (Å²) in [5.74, 6) is 0. The van der Waals surface area contributed by atoms with E-state index in [1.165, 1.54) is 27.7 Å². The Kier molecular flexibility index (Phi) is 1.85. The Hall–Kier alpha value is -1.28. The van der Waals surface area contributed by atoms with Crippen LogP contribution in [0.2, 0.25) is 0 Å². The van der Waals surface area contributed by atoms with E-state index in [-0.39, 0.29) is 0 Å². The van der Waals surface area contributed by atoms with Gasteiger partial charge in [-0.25, -0.2) is 0 Å². The number of fused-ring (bicyclic) bond motifs is 1. The molecule has 13 heavy (non-hydrogen) atoms. The summed E-state index contributed by atoms with van der Waals surface area (Å²) >= 11 is 0. The molecule has 2 rings (SSSR count). The van der Waals surface area contributed by atoms with Gasteiger partial charge in [-0.15, -0.1) is 0 Å². The smallest absolute Gasteiger partial charge is 0.0458 e. The second kappa shape index (κ2) is 2.89. The van der Waals surface area contributed by atoms with E-state index in [1.54, 1.807) is 0 Å². The lowest BCUT2D eigenvalue weighted by Gasteiger charge is -1.96. The standard InChI is InChI=1S/C11H14N2/c1-7-8(2)13-11-4-3-9(6-12)5-10(7)11/h3-5,13H,6,12H2,1-2H3. The summed E-state index contributed by atoms with van der Waals surface area (Å²) in [5, 5.41) is 1.29.